The Morgan fingerprint density at radius 1 is 1.15 bits per heavy atom. The van der Waals surface area contributed by atoms with E-state index in [1.807, 2.05) is 34.9 Å². The molecule has 0 aliphatic carbocycles. The van der Waals surface area contributed by atoms with Gasteiger partial charge in [0, 0.05) is 17.5 Å². The third-order valence-corrected chi connectivity index (χ3v) is 6.02. The van der Waals surface area contributed by atoms with Gasteiger partial charge in [0.25, 0.3) is 0 Å². The number of aromatic nitrogens is 2. The first-order valence-corrected chi connectivity index (χ1v) is 10.5. The van der Waals surface area contributed by atoms with E-state index in [0.29, 0.717) is 23.4 Å². The van der Waals surface area contributed by atoms with Crippen molar-refractivity contribution in [2.24, 2.45) is 0 Å². The Hall–Kier alpha value is -2.64. The second-order valence-corrected chi connectivity index (χ2v) is 8.63. The highest BCUT2D eigenvalue weighted by atomic mass is 32.2. The highest BCUT2D eigenvalue weighted by Gasteiger charge is 2.25. The van der Waals surface area contributed by atoms with E-state index < -0.39 is 9.84 Å². The fraction of sp³-hybridized carbons (Fsp3) is 0.250. The van der Waals surface area contributed by atoms with Gasteiger partial charge in [0.15, 0.2) is 9.84 Å². The second-order valence-electron chi connectivity index (χ2n) is 6.61. The summed E-state index contributed by atoms with van der Waals surface area (Å²) in [5.41, 5.74) is 4.38. The highest BCUT2D eigenvalue weighted by Crippen LogP contribution is 2.34. The quantitative estimate of drug-likeness (QED) is 0.748. The molecule has 0 bridgehead atoms. The number of methoxy groups -OCH3 is 1. The molecule has 1 aliphatic heterocycles. The molecule has 1 aliphatic rings. The first-order valence-electron chi connectivity index (χ1n) is 8.61. The summed E-state index contributed by atoms with van der Waals surface area (Å²) < 4.78 is 31.0. The van der Waals surface area contributed by atoms with Crippen molar-refractivity contribution in [2.45, 2.75) is 24.3 Å². The minimum atomic E-state index is -3.26. The van der Waals surface area contributed by atoms with E-state index in [9.17, 15) is 13.5 Å². The van der Waals surface area contributed by atoms with Crippen molar-refractivity contribution < 1.29 is 18.3 Å². The predicted molar refractivity (Wildman–Crippen MR) is 102 cm³/mol. The van der Waals surface area contributed by atoms with Gasteiger partial charge in [-0.25, -0.2) is 13.4 Å². The van der Waals surface area contributed by atoms with E-state index >= 15 is 0 Å². The van der Waals surface area contributed by atoms with Crippen LogP contribution in [0, 0.1) is 0 Å². The van der Waals surface area contributed by atoms with E-state index in [-0.39, 0.29) is 6.61 Å². The molecule has 4 rings (SSSR count). The number of nitrogens with zero attached hydrogens (tertiary/aromatic N) is 2. The second kappa shape index (κ2) is 6.51. The standard InChI is InChI=1S/C20H20N2O4S/c1-26-15-6-3-13(4-7-15)20-21-17(12-23)19-9-5-14-11-16(27(2,24)25)8-10-18(14)22(19)20/h3-4,6-8,10-11,23H,5,9,12H2,1-2H3. The lowest BCUT2D eigenvalue weighted by atomic mass is 10.0. The Bertz CT molecular complexity index is 1120. The van der Waals surface area contributed by atoms with Crippen LogP contribution in [-0.4, -0.2) is 36.4 Å². The van der Waals surface area contributed by atoms with Crippen LogP contribution in [0.15, 0.2) is 47.4 Å². The summed E-state index contributed by atoms with van der Waals surface area (Å²) in [5, 5.41) is 9.76. The number of aryl methyl sites for hydroxylation is 1. The monoisotopic (exact) mass is 384 g/mol. The fourth-order valence-electron chi connectivity index (χ4n) is 3.54. The molecule has 0 fully saturated rings. The third-order valence-electron chi connectivity index (χ3n) is 4.90. The summed E-state index contributed by atoms with van der Waals surface area (Å²) in [7, 11) is -1.64. The molecular formula is C20H20N2O4S. The minimum absolute atomic E-state index is 0.137. The van der Waals surface area contributed by atoms with Gasteiger partial charge in [-0.15, -0.1) is 0 Å². The topological polar surface area (TPSA) is 81.4 Å². The van der Waals surface area contributed by atoms with Crippen LogP contribution in [0.5, 0.6) is 5.75 Å². The molecular weight excluding hydrogens is 364 g/mol. The number of fused-ring (bicyclic) bond motifs is 3. The van der Waals surface area contributed by atoms with Gasteiger partial charge in [-0.2, -0.15) is 0 Å². The maximum atomic E-state index is 11.9. The van der Waals surface area contributed by atoms with Gasteiger partial charge >= 0.3 is 0 Å². The molecule has 0 amide bonds. The average molecular weight is 384 g/mol. The van der Waals surface area contributed by atoms with Gasteiger partial charge in [-0.05, 0) is 60.9 Å². The molecule has 1 aromatic heterocycles. The van der Waals surface area contributed by atoms with E-state index in [2.05, 4.69) is 4.98 Å². The summed E-state index contributed by atoms with van der Waals surface area (Å²) in [6.07, 6.45) is 2.62. The molecule has 0 radical (unpaired) electrons. The highest BCUT2D eigenvalue weighted by molar-refractivity contribution is 7.90. The summed E-state index contributed by atoms with van der Waals surface area (Å²) in [6.45, 7) is -0.137. The number of aliphatic hydroxyl groups is 1. The number of rotatable bonds is 4. The summed E-state index contributed by atoms with van der Waals surface area (Å²) in [4.78, 5) is 4.98. The molecule has 0 saturated carbocycles. The molecule has 0 spiro atoms. The van der Waals surface area contributed by atoms with Crippen molar-refractivity contribution >= 4 is 9.84 Å². The number of imidazole rings is 1. The summed E-state index contributed by atoms with van der Waals surface area (Å²) in [5.74, 6) is 1.48. The van der Waals surface area contributed by atoms with Gasteiger partial charge in [0.05, 0.1) is 30.0 Å². The molecule has 0 unspecified atom stereocenters. The molecule has 7 heteroatoms. The van der Waals surface area contributed by atoms with Gasteiger partial charge in [0.2, 0.25) is 0 Å². The fourth-order valence-corrected chi connectivity index (χ4v) is 4.21. The zero-order chi connectivity index (χ0) is 19.2. The lowest BCUT2D eigenvalue weighted by Crippen LogP contribution is -2.14. The zero-order valence-corrected chi connectivity index (χ0v) is 16.0. The smallest absolute Gasteiger partial charge is 0.175 e. The SMILES string of the molecule is COc1ccc(-c2nc(CO)c3n2-c2ccc(S(C)(=O)=O)cc2CC3)cc1. The zero-order valence-electron chi connectivity index (χ0n) is 15.1. The van der Waals surface area contributed by atoms with E-state index in [0.717, 1.165) is 34.1 Å². The Kier molecular flexibility index (Phi) is 4.28. The van der Waals surface area contributed by atoms with Crippen LogP contribution in [0.25, 0.3) is 17.1 Å². The normalized spacial score (nSPS) is 13.1. The number of hydrogen-bond donors (Lipinski definition) is 1. The van der Waals surface area contributed by atoms with E-state index in [1.54, 1.807) is 19.2 Å². The molecule has 0 atom stereocenters. The van der Waals surface area contributed by atoms with Crippen molar-refractivity contribution in [1.29, 1.82) is 0 Å². The predicted octanol–water partition coefficient (Wildman–Crippen LogP) is 2.54. The number of sulfone groups is 1. The van der Waals surface area contributed by atoms with Crippen LogP contribution >= 0.6 is 0 Å². The third kappa shape index (κ3) is 3.02. The van der Waals surface area contributed by atoms with Gasteiger partial charge in [0.1, 0.15) is 11.6 Å². The largest absolute Gasteiger partial charge is 0.497 e. The van der Waals surface area contributed by atoms with Gasteiger partial charge in [-0.1, -0.05) is 0 Å². The van der Waals surface area contributed by atoms with Crippen molar-refractivity contribution in [3.05, 3.63) is 59.4 Å². The van der Waals surface area contributed by atoms with E-state index in [4.69, 9.17) is 4.74 Å². The van der Waals surface area contributed by atoms with Crippen molar-refractivity contribution in [1.82, 2.24) is 9.55 Å². The summed E-state index contributed by atoms with van der Waals surface area (Å²) >= 11 is 0. The van der Waals surface area contributed by atoms with Crippen LogP contribution in [0.4, 0.5) is 0 Å². The van der Waals surface area contributed by atoms with Crippen LogP contribution in [-0.2, 0) is 29.3 Å². The number of aliphatic hydroxyl groups excluding tert-OH is 1. The molecule has 2 heterocycles. The minimum Gasteiger partial charge on any atom is -0.497 e. The maximum Gasteiger partial charge on any atom is 0.175 e. The molecule has 27 heavy (non-hydrogen) atoms. The number of benzene rings is 2. The first-order chi connectivity index (χ1) is 12.9. The lowest BCUT2D eigenvalue weighted by Gasteiger charge is -2.22. The Morgan fingerprint density at radius 2 is 1.89 bits per heavy atom. The Morgan fingerprint density at radius 3 is 2.52 bits per heavy atom. The lowest BCUT2D eigenvalue weighted by molar-refractivity contribution is 0.276. The molecule has 1 N–H and O–H groups in total. The maximum absolute atomic E-state index is 11.9. The molecule has 2 aromatic carbocycles. The van der Waals surface area contributed by atoms with Crippen LogP contribution in [0.2, 0.25) is 0 Å². The van der Waals surface area contributed by atoms with E-state index in [1.165, 1.54) is 6.26 Å². The molecule has 0 saturated heterocycles. The van der Waals surface area contributed by atoms with Crippen molar-refractivity contribution in [2.75, 3.05) is 13.4 Å². The van der Waals surface area contributed by atoms with Crippen LogP contribution in [0.3, 0.4) is 0 Å². The Balaban J connectivity index is 1.91. The van der Waals surface area contributed by atoms with Gasteiger partial charge < -0.3 is 9.84 Å². The molecule has 140 valence electrons. The first kappa shape index (κ1) is 17.8. The molecule has 6 nitrogen and oxygen atoms in total. The van der Waals surface area contributed by atoms with Crippen molar-refractivity contribution in [3.63, 3.8) is 0 Å². The van der Waals surface area contributed by atoms with Gasteiger partial charge in [-0.3, -0.25) is 4.57 Å². The molecule has 3 aromatic rings. The number of hydrogen-bond acceptors (Lipinski definition) is 5. The van der Waals surface area contributed by atoms with Crippen molar-refractivity contribution in [3.8, 4) is 22.8 Å². The summed E-state index contributed by atoms with van der Waals surface area (Å²) in [6, 6.07) is 12.8. The van der Waals surface area contributed by atoms with Crippen LogP contribution in [0.1, 0.15) is 17.0 Å². The van der Waals surface area contributed by atoms with Crippen LogP contribution < -0.4 is 4.74 Å². The number of ether oxygens (including phenoxy) is 1. The Labute approximate surface area is 158 Å². The average Bonchev–Trinajstić information content (AvgIpc) is 3.06.